The standard InChI is InChI=1S/C29H37F3/c1-2-3-4-5-6-7-20-8-9-22-17-23(11-10-21(22)16-20)24-12-14-26(28(31)18-24)25-13-15-27(30)29(32)19-25/h12-15,18-23H,2-11,16-17H2,1H3/t20?,21-,22-,23-/m1/s1. The number of rotatable bonds is 8. The summed E-state index contributed by atoms with van der Waals surface area (Å²) < 4.78 is 41.7. The third kappa shape index (κ3) is 5.58. The summed E-state index contributed by atoms with van der Waals surface area (Å²) in [5.74, 6) is 0.764. The van der Waals surface area contributed by atoms with Gasteiger partial charge in [0.2, 0.25) is 0 Å². The lowest BCUT2D eigenvalue weighted by atomic mass is 9.63. The molecule has 2 saturated carbocycles. The van der Waals surface area contributed by atoms with Crippen LogP contribution >= 0.6 is 0 Å². The summed E-state index contributed by atoms with van der Waals surface area (Å²) in [7, 11) is 0. The minimum Gasteiger partial charge on any atom is -0.206 e. The van der Waals surface area contributed by atoms with Crippen LogP contribution in [-0.2, 0) is 0 Å². The van der Waals surface area contributed by atoms with Crippen molar-refractivity contribution in [2.45, 2.75) is 89.9 Å². The lowest BCUT2D eigenvalue weighted by Crippen LogP contribution is -2.30. The Hall–Kier alpha value is -1.77. The summed E-state index contributed by atoms with van der Waals surface area (Å²) in [6.07, 6.45) is 15.9. The van der Waals surface area contributed by atoms with E-state index in [1.54, 1.807) is 12.1 Å². The van der Waals surface area contributed by atoms with Crippen LogP contribution in [0.25, 0.3) is 11.1 Å². The molecule has 2 aromatic rings. The van der Waals surface area contributed by atoms with Crippen LogP contribution in [0.1, 0.15) is 95.5 Å². The molecule has 0 aromatic heterocycles. The van der Waals surface area contributed by atoms with E-state index in [9.17, 15) is 13.2 Å². The zero-order chi connectivity index (χ0) is 22.5. The molecule has 4 atom stereocenters. The molecule has 0 radical (unpaired) electrons. The molecule has 0 amide bonds. The maximum atomic E-state index is 14.9. The highest BCUT2D eigenvalue weighted by atomic mass is 19.2. The molecule has 0 nitrogen and oxygen atoms in total. The fraction of sp³-hybridized carbons (Fsp3) is 0.586. The van der Waals surface area contributed by atoms with Gasteiger partial charge in [-0.1, -0.05) is 70.1 Å². The summed E-state index contributed by atoms with van der Waals surface area (Å²) in [6, 6.07) is 8.92. The van der Waals surface area contributed by atoms with Crippen LogP contribution in [0.4, 0.5) is 13.2 Å². The molecule has 1 unspecified atom stereocenters. The van der Waals surface area contributed by atoms with E-state index in [1.165, 1.54) is 70.3 Å². The lowest BCUT2D eigenvalue weighted by molar-refractivity contribution is 0.113. The molecule has 0 N–H and O–H groups in total. The molecule has 174 valence electrons. The number of hydrogen-bond donors (Lipinski definition) is 0. The van der Waals surface area contributed by atoms with Crippen molar-refractivity contribution in [3.63, 3.8) is 0 Å². The Balaban J connectivity index is 1.33. The average molecular weight is 443 g/mol. The van der Waals surface area contributed by atoms with Gasteiger partial charge in [0.05, 0.1) is 0 Å². The second kappa shape index (κ2) is 10.9. The van der Waals surface area contributed by atoms with E-state index in [1.807, 2.05) is 6.07 Å². The normalized spacial score (nSPS) is 25.5. The van der Waals surface area contributed by atoms with E-state index in [0.29, 0.717) is 17.0 Å². The Labute approximate surface area is 191 Å². The minimum absolute atomic E-state index is 0.334. The Bertz CT molecular complexity index is 890. The van der Waals surface area contributed by atoms with Crippen molar-refractivity contribution in [1.29, 1.82) is 0 Å². The smallest absolute Gasteiger partial charge is 0.159 e. The van der Waals surface area contributed by atoms with E-state index in [-0.39, 0.29) is 5.82 Å². The van der Waals surface area contributed by atoms with Crippen LogP contribution in [0.2, 0.25) is 0 Å². The fourth-order valence-electron chi connectivity index (χ4n) is 6.27. The van der Waals surface area contributed by atoms with Crippen molar-refractivity contribution in [2.24, 2.45) is 17.8 Å². The molecule has 3 heteroatoms. The maximum Gasteiger partial charge on any atom is 0.159 e. The summed E-state index contributed by atoms with van der Waals surface area (Å²) in [4.78, 5) is 0. The summed E-state index contributed by atoms with van der Waals surface area (Å²) in [6.45, 7) is 2.27. The third-order valence-electron chi connectivity index (χ3n) is 8.13. The first kappa shape index (κ1) is 23.4. The first-order chi connectivity index (χ1) is 15.5. The summed E-state index contributed by atoms with van der Waals surface area (Å²) in [5, 5.41) is 0. The Morgan fingerprint density at radius 3 is 2.28 bits per heavy atom. The lowest BCUT2D eigenvalue weighted by Gasteiger charge is -2.42. The molecule has 2 aliphatic carbocycles. The number of benzene rings is 2. The van der Waals surface area contributed by atoms with Crippen LogP contribution in [0.5, 0.6) is 0 Å². The van der Waals surface area contributed by atoms with Crippen LogP contribution in [0.15, 0.2) is 36.4 Å². The molecule has 2 aromatic carbocycles. The van der Waals surface area contributed by atoms with Gasteiger partial charge >= 0.3 is 0 Å². The topological polar surface area (TPSA) is 0 Å². The predicted octanol–water partition coefficient (Wildman–Crippen LogP) is 9.43. The van der Waals surface area contributed by atoms with E-state index in [2.05, 4.69) is 6.92 Å². The number of fused-ring (bicyclic) bond motifs is 1. The van der Waals surface area contributed by atoms with Crippen molar-refractivity contribution < 1.29 is 13.2 Å². The Morgan fingerprint density at radius 1 is 0.719 bits per heavy atom. The van der Waals surface area contributed by atoms with Gasteiger partial charge in [0.25, 0.3) is 0 Å². The molecule has 2 aliphatic rings. The zero-order valence-electron chi connectivity index (χ0n) is 19.4. The van der Waals surface area contributed by atoms with Crippen molar-refractivity contribution >= 4 is 0 Å². The molecule has 0 bridgehead atoms. The third-order valence-corrected chi connectivity index (χ3v) is 8.13. The zero-order valence-corrected chi connectivity index (χ0v) is 19.4. The second-order valence-electron chi connectivity index (χ2n) is 10.3. The molecule has 0 spiro atoms. The number of unbranched alkanes of at least 4 members (excludes halogenated alkanes) is 4. The summed E-state index contributed by atoms with van der Waals surface area (Å²) in [5.41, 5.74) is 1.77. The molecule has 0 heterocycles. The van der Waals surface area contributed by atoms with Gasteiger partial charge < -0.3 is 0 Å². The van der Waals surface area contributed by atoms with Gasteiger partial charge in [-0.3, -0.25) is 0 Å². The van der Waals surface area contributed by atoms with Gasteiger partial charge in [-0.05, 0) is 85.1 Å². The van der Waals surface area contributed by atoms with E-state index < -0.39 is 11.6 Å². The minimum atomic E-state index is -0.944. The molecule has 4 rings (SSSR count). The largest absolute Gasteiger partial charge is 0.206 e. The van der Waals surface area contributed by atoms with Gasteiger partial charge in [0.15, 0.2) is 11.6 Å². The first-order valence-corrected chi connectivity index (χ1v) is 12.8. The predicted molar refractivity (Wildman–Crippen MR) is 126 cm³/mol. The average Bonchev–Trinajstić information content (AvgIpc) is 2.80. The molecular formula is C29H37F3. The SMILES string of the molecule is CCCCCCCC1CC[C@@H]2C[C@H](c3ccc(-c4ccc(F)c(F)c4)c(F)c3)CC[C@@H]2C1. The van der Waals surface area contributed by atoms with Crippen molar-refractivity contribution in [3.05, 3.63) is 59.4 Å². The number of hydrogen-bond acceptors (Lipinski definition) is 0. The molecule has 32 heavy (non-hydrogen) atoms. The molecule has 0 saturated heterocycles. The van der Waals surface area contributed by atoms with Gasteiger partial charge in [-0.15, -0.1) is 0 Å². The van der Waals surface area contributed by atoms with Crippen LogP contribution < -0.4 is 0 Å². The van der Waals surface area contributed by atoms with Gasteiger partial charge in [-0.25, -0.2) is 13.2 Å². The first-order valence-electron chi connectivity index (χ1n) is 12.8. The quantitative estimate of drug-likeness (QED) is 0.357. The molecule has 2 fully saturated rings. The monoisotopic (exact) mass is 442 g/mol. The Morgan fingerprint density at radius 2 is 1.50 bits per heavy atom. The van der Waals surface area contributed by atoms with Gasteiger partial charge in [-0.2, -0.15) is 0 Å². The number of halogens is 3. The van der Waals surface area contributed by atoms with Crippen LogP contribution in [-0.4, -0.2) is 0 Å². The van der Waals surface area contributed by atoms with Crippen LogP contribution in [0.3, 0.4) is 0 Å². The van der Waals surface area contributed by atoms with E-state index in [0.717, 1.165) is 48.3 Å². The highest BCUT2D eigenvalue weighted by Gasteiger charge is 2.35. The highest BCUT2D eigenvalue weighted by Crippen LogP contribution is 2.48. The molecule has 0 aliphatic heterocycles. The van der Waals surface area contributed by atoms with Gasteiger partial charge in [0, 0.05) is 5.56 Å². The van der Waals surface area contributed by atoms with Crippen LogP contribution in [0, 0.1) is 35.2 Å². The van der Waals surface area contributed by atoms with E-state index >= 15 is 0 Å². The van der Waals surface area contributed by atoms with Crippen molar-refractivity contribution in [3.8, 4) is 11.1 Å². The summed E-state index contributed by atoms with van der Waals surface area (Å²) >= 11 is 0. The van der Waals surface area contributed by atoms with Crippen molar-refractivity contribution in [1.82, 2.24) is 0 Å². The maximum absolute atomic E-state index is 14.9. The van der Waals surface area contributed by atoms with Gasteiger partial charge in [0.1, 0.15) is 5.82 Å². The van der Waals surface area contributed by atoms with E-state index in [4.69, 9.17) is 0 Å². The molecular weight excluding hydrogens is 405 g/mol. The fourth-order valence-corrected chi connectivity index (χ4v) is 6.27. The second-order valence-corrected chi connectivity index (χ2v) is 10.3. The highest BCUT2D eigenvalue weighted by molar-refractivity contribution is 5.64. The Kier molecular flexibility index (Phi) is 7.97. The van der Waals surface area contributed by atoms with Crippen molar-refractivity contribution in [2.75, 3.05) is 0 Å².